The Morgan fingerprint density at radius 1 is 0.943 bits per heavy atom. The molecule has 0 spiro atoms. The normalized spacial score (nSPS) is 16.1. The topological polar surface area (TPSA) is 63.3 Å². The zero-order valence-corrected chi connectivity index (χ0v) is 20.1. The van der Waals surface area contributed by atoms with Crippen LogP contribution < -0.4 is 24.4 Å². The molecule has 182 valence electrons. The third-order valence-corrected chi connectivity index (χ3v) is 6.59. The van der Waals surface area contributed by atoms with Gasteiger partial charge in [0, 0.05) is 43.4 Å². The fourth-order valence-electron chi connectivity index (χ4n) is 4.45. The number of ether oxygens (including phenoxy) is 3. The van der Waals surface area contributed by atoms with Gasteiger partial charge in [0.25, 0.3) is 5.91 Å². The first-order valence-electron chi connectivity index (χ1n) is 11.7. The summed E-state index contributed by atoms with van der Waals surface area (Å²) in [6.07, 6.45) is 0. The Bertz CT molecular complexity index is 1130. The van der Waals surface area contributed by atoms with E-state index < -0.39 is 0 Å². The van der Waals surface area contributed by atoms with Crippen molar-refractivity contribution in [1.82, 2.24) is 10.2 Å². The smallest absolute Gasteiger partial charge is 0.258 e. The fraction of sp³-hybridized carbons (Fsp3) is 0.296. The summed E-state index contributed by atoms with van der Waals surface area (Å²) in [5, 5.41) is 3.68. The van der Waals surface area contributed by atoms with Crippen molar-refractivity contribution in [2.45, 2.75) is 6.04 Å². The van der Waals surface area contributed by atoms with E-state index in [0.29, 0.717) is 17.3 Å². The maximum absolute atomic E-state index is 12.6. The number of hydrogen-bond acceptors (Lipinski definition) is 6. The van der Waals surface area contributed by atoms with E-state index in [-0.39, 0.29) is 25.3 Å². The highest BCUT2D eigenvalue weighted by molar-refractivity contribution is 6.30. The molecular weight excluding hydrogens is 466 g/mol. The van der Waals surface area contributed by atoms with Gasteiger partial charge in [0.2, 0.25) is 6.79 Å². The van der Waals surface area contributed by atoms with Crippen molar-refractivity contribution in [3.63, 3.8) is 0 Å². The second-order valence-corrected chi connectivity index (χ2v) is 8.97. The predicted molar refractivity (Wildman–Crippen MR) is 135 cm³/mol. The van der Waals surface area contributed by atoms with Crippen molar-refractivity contribution in [3.8, 4) is 17.2 Å². The molecule has 2 heterocycles. The monoisotopic (exact) mass is 493 g/mol. The van der Waals surface area contributed by atoms with Crippen LogP contribution in [-0.4, -0.2) is 56.9 Å². The Labute approximate surface area is 210 Å². The molecule has 0 radical (unpaired) electrons. The number of anilines is 1. The molecule has 5 rings (SSSR count). The minimum Gasteiger partial charge on any atom is -0.484 e. The zero-order valence-electron chi connectivity index (χ0n) is 19.4. The van der Waals surface area contributed by atoms with E-state index in [0.717, 1.165) is 43.2 Å². The molecule has 1 atom stereocenters. The van der Waals surface area contributed by atoms with Crippen molar-refractivity contribution in [3.05, 3.63) is 83.4 Å². The number of amides is 1. The molecule has 1 saturated heterocycles. The van der Waals surface area contributed by atoms with Gasteiger partial charge in [-0.2, -0.15) is 0 Å². The first-order valence-corrected chi connectivity index (χ1v) is 12.1. The standard InChI is InChI=1S/C27H28ClN3O4/c28-21-7-9-23(10-8-21)33-18-27(32)29-17-24(20-6-11-25-26(16-20)35-19-34-25)31-14-12-30(13-15-31)22-4-2-1-3-5-22/h1-11,16,24H,12-15,17-19H2,(H,29,32). The van der Waals surface area contributed by atoms with Crippen molar-refractivity contribution in [2.24, 2.45) is 0 Å². The largest absolute Gasteiger partial charge is 0.484 e. The van der Waals surface area contributed by atoms with Crippen LogP contribution in [0.1, 0.15) is 11.6 Å². The number of carbonyl (C=O) groups is 1. The van der Waals surface area contributed by atoms with E-state index in [1.807, 2.05) is 18.2 Å². The first kappa shape index (κ1) is 23.3. The van der Waals surface area contributed by atoms with Crippen LogP contribution in [0.5, 0.6) is 17.2 Å². The number of piperazine rings is 1. The summed E-state index contributed by atoms with van der Waals surface area (Å²) in [6.45, 7) is 4.23. The van der Waals surface area contributed by atoms with Crippen LogP contribution in [0.25, 0.3) is 0 Å². The highest BCUT2D eigenvalue weighted by atomic mass is 35.5. The quantitative estimate of drug-likeness (QED) is 0.509. The molecule has 3 aromatic carbocycles. The lowest BCUT2D eigenvalue weighted by Gasteiger charge is -2.40. The van der Waals surface area contributed by atoms with Crippen LogP contribution in [0.2, 0.25) is 5.02 Å². The van der Waals surface area contributed by atoms with Crippen LogP contribution in [0.15, 0.2) is 72.8 Å². The SMILES string of the molecule is O=C(COc1ccc(Cl)cc1)NCC(c1ccc2c(c1)OCO2)N1CCN(c2ccccc2)CC1. The minimum atomic E-state index is -0.173. The summed E-state index contributed by atoms with van der Waals surface area (Å²) in [6, 6.07) is 23.4. The molecule has 2 aliphatic heterocycles. The number of carbonyl (C=O) groups excluding carboxylic acids is 1. The van der Waals surface area contributed by atoms with E-state index in [2.05, 4.69) is 45.4 Å². The summed E-state index contributed by atoms with van der Waals surface area (Å²) < 4.78 is 16.7. The second-order valence-electron chi connectivity index (χ2n) is 8.53. The van der Waals surface area contributed by atoms with Gasteiger partial charge < -0.3 is 24.4 Å². The molecule has 2 aliphatic rings. The molecule has 0 aromatic heterocycles. The Hall–Kier alpha value is -3.42. The zero-order chi connectivity index (χ0) is 24.0. The summed E-state index contributed by atoms with van der Waals surface area (Å²) in [4.78, 5) is 17.4. The molecule has 1 fully saturated rings. The third-order valence-electron chi connectivity index (χ3n) is 6.33. The van der Waals surface area contributed by atoms with Gasteiger partial charge in [-0.05, 0) is 54.1 Å². The van der Waals surface area contributed by atoms with E-state index in [9.17, 15) is 4.79 Å². The summed E-state index contributed by atoms with van der Waals surface area (Å²) in [5.74, 6) is 1.93. The second kappa shape index (κ2) is 10.9. The lowest BCUT2D eigenvalue weighted by atomic mass is 10.0. The van der Waals surface area contributed by atoms with E-state index in [1.165, 1.54) is 5.69 Å². The van der Waals surface area contributed by atoms with Gasteiger partial charge in [0.1, 0.15) is 5.75 Å². The summed E-state index contributed by atoms with van der Waals surface area (Å²) in [5.41, 5.74) is 2.32. The highest BCUT2D eigenvalue weighted by Crippen LogP contribution is 2.35. The van der Waals surface area contributed by atoms with Gasteiger partial charge in [0.15, 0.2) is 18.1 Å². The molecule has 35 heavy (non-hydrogen) atoms. The van der Waals surface area contributed by atoms with Crippen molar-refractivity contribution in [2.75, 3.05) is 51.0 Å². The van der Waals surface area contributed by atoms with Crippen LogP contribution in [-0.2, 0) is 4.79 Å². The molecule has 7 nitrogen and oxygen atoms in total. The van der Waals surface area contributed by atoms with Gasteiger partial charge >= 0.3 is 0 Å². The van der Waals surface area contributed by atoms with Gasteiger partial charge in [-0.25, -0.2) is 0 Å². The van der Waals surface area contributed by atoms with Gasteiger partial charge in [-0.1, -0.05) is 35.9 Å². The predicted octanol–water partition coefficient (Wildman–Crippen LogP) is 4.13. The van der Waals surface area contributed by atoms with Crippen LogP contribution >= 0.6 is 11.6 Å². The fourth-order valence-corrected chi connectivity index (χ4v) is 4.58. The van der Waals surface area contributed by atoms with Gasteiger partial charge in [0.05, 0.1) is 6.04 Å². The lowest BCUT2D eigenvalue weighted by Crippen LogP contribution is -2.50. The van der Waals surface area contributed by atoms with E-state index >= 15 is 0 Å². The van der Waals surface area contributed by atoms with Crippen molar-refractivity contribution < 1.29 is 19.0 Å². The van der Waals surface area contributed by atoms with E-state index in [4.69, 9.17) is 25.8 Å². The maximum Gasteiger partial charge on any atom is 0.258 e. The number of para-hydroxylation sites is 1. The Kier molecular flexibility index (Phi) is 7.25. The molecule has 0 bridgehead atoms. The number of rotatable bonds is 8. The molecule has 3 aromatic rings. The number of benzene rings is 3. The summed E-state index contributed by atoms with van der Waals surface area (Å²) >= 11 is 5.91. The molecule has 1 unspecified atom stereocenters. The Balaban J connectivity index is 1.24. The average molecular weight is 494 g/mol. The Morgan fingerprint density at radius 2 is 1.69 bits per heavy atom. The third kappa shape index (κ3) is 5.81. The first-order chi connectivity index (χ1) is 17.2. The molecule has 0 saturated carbocycles. The van der Waals surface area contributed by atoms with Crippen molar-refractivity contribution in [1.29, 1.82) is 0 Å². The van der Waals surface area contributed by atoms with Gasteiger partial charge in [-0.15, -0.1) is 0 Å². The molecule has 1 amide bonds. The van der Waals surface area contributed by atoms with Gasteiger partial charge in [-0.3, -0.25) is 9.69 Å². The lowest BCUT2D eigenvalue weighted by molar-refractivity contribution is -0.123. The number of halogens is 1. The van der Waals surface area contributed by atoms with Crippen LogP contribution in [0.3, 0.4) is 0 Å². The van der Waals surface area contributed by atoms with Crippen LogP contribution in [0, 0.1) is 0 Å². The Morgan fingerprint density at radius 3 is 2.46 bits per heavy atom. The molecule has 0 aliphatic carbocycles. The molecule has 1 N–H and O–H groups in total. The summed E-state index contributed by atoms with van der Waals surface area (Å²) in [7, 11) is 0. The van der Waals surface area contributed by atoms with Crippen molar-refractivity contribution >= 4 is 23.2 Å². The maximum atomic E-state index is 12.6. The average Bonchev–Trinajstić information content (AvgIpc) is 3.37. The molecule has 8 heteroatoms. The number of nitrogens with zero attached hydrogens (tertiary/aromatic N) is 2. The highest BCUT2D eigenvalue weighted by Gasteiger charge is 2.27. The number of nitrogens with one attached hydrogen (secondary N) is 1. The molecular formula is C27H28ClN3O4. The van der Waals surface area contributed by atoms with E-state index in [1.54, 1.807) is 24.3 Å². The van der Waals surface area contributed by atoms with Crippen LogP contribution in [0.4, 0.5) is 5.69 Å². The number of hydrogen-bond donors (Lipinski definition) is 1. The minimum absolute atomic E-state index is 0.00176. The number of fused-ring (bicyclic) bond motifs is 1.